The molecule has 0 fully saturated rings. The van der Waals surface area contributed by atoms with Gasteiger partial charge in [0.15, 0.2) is 0 Å². The first kappa shape index (κ1) is 33.8. The molecule has 1 N–H and O–H groups in total. The maximum atomic E-state index is 13.8. The van der Waals surface area contributed by atoms with E-state index in [9.17, 15) is 14.0 Å². The Morgan fingerprint density at radius 1 is 0.833 bits per heavy atom. The number of carbonyl (C=O) groups excluding carboxylic acids is 2. The van der Waals surface area contributed by atoms with Crippen molar-refractivity contribution < 1.29 is 18.7 Å². The summed E-state index contributed by atoms with van der Waals surface area (Å²) >= 11 is 0. The molecule has 1 aliphatic heterocycles. The van der Waals surface area contributed by atoms with E-state index in [0.717, 1.165) is 50.6 Å². The van der Waals surface area contributed by atoms with Crippen molar-refractivity contribution in [1.29, 1.82) is 0 Å². The van der Waals surface area contributed by atoms with E-state index >= 15 is 0 Å². The van der Waals surface area contributed by atoms with Gasteiger partial charge < -0.3 is 15.0 Å². The fourth-order valence-corrected chi connectivity index (χ4v) is 5.75. The van der Waals surface area contributed by atoms with Gasteiger partial charge in [0.25, 0.3) is 5.91 Å². The zero-order chi connectivity index (χ0) is 29.8. The highest BCUT2D eigenvalue weighted by atomic mass is 19.1. The Morgan fingerprint density at radius 3 is 2.24 bits per heavy atom. The van der Waals surface area contributed by atoms with E-state index in [1.54, 1.807) is 12.1 Å². The van der Waals surface area contributed by atoms with Crippen molar-refractivity contribution in [3.8, 4) is 0 Å². The monoisotopic (exact) mass is 580 g/mol. The number of rotatable bonds is 21. The molecule has 0 spiro atoms. The largest absolute Gasteiger partial charge is 0.379 e. The number of hydrogen-bond donors (Lipinski definition) is 1. The Morgan fingerprint density at radius 2 is 1.50 bits per heavy atom. The predicted molar refractivity (Wildman–Crippen MR) is 169 cm³/mol. The summed E-state index contributed by atoms with van der Waals surface area (Å²) in [6, 6.07) is 14.1. The minimum absolute atomic E-state index is 0.0618. The normalized spacial score (nSPS) is 14.5. The molecule has 0 unspecified atom stereocenters. The third-order valence-corrected chi connectivity index (χ3v) is 8.29. The second-order valence-electron chi connectivity index (χ2n) is 11.8. The van der Waals surface area contributed by atoms with E-state index in [-0.39, 0.29) is 17.9 Å². The van der Waals surface area contributed by atoms with E-state index < -0.39 is 5.82 Å². The molecule has 0 saturated heterocycles. The summed E-state index contributed by atoms with van der Waals surface area (Å²) in [4.78, 5) is 27.1. The van der Waals surface area contributed by atoms with Crippen molar-refractivity contribution in [2.45, 2.75) is 122 Å². The predicted octanol–water partition coefficient (Wildman–Crippen LogP) is 8.40. The molecule has 0 aromatic heterocycles. The summed E-state index contributed by atoms with van der Waals surface area (Å²) in [6.45, 7) is 4.75. The fourth-order valence-electron chi connectivity index (χ4n) is 5.75. The van der Waals surface area contributed by atoms with Crippen LogP contribution in [-0.4, -0.2) is 42.5 Å². The van der Waals surface area contributed by atoms with Gasteiger partial charge in [-0.05, 0) is 55.0 Å². The summed E-state index contributed by atoms with van der Waals surface area (Å²) < 4.78 is 19.8. The summed E-state index contributed by atoms with van der Waals surface area (Å²) in [5, 5.41) is 3.07. The molecule has 2 aromatic carbocycles. The number of carbonyl (C=O) groups is 2. The van der Waals surface area contributed by atoms with E-state index in [4.69, 9.17) is 4.74 Å². The molecule has 232 valence electrons. The van der Waals surface area contributed by atoms with Gasteiger partial charge in [-0.3, -0.25) is 9.59 Å². The highest BCUT2D eigenvalue weighted by Crippen LogP contribution is 2.25. The quantitative estimate of drug-likeness (QED) is 0.151. The lowest BCUT2D eigenvalue weighted by Gasteiger charge is -2.37. The number of unbranched alkanes of at least 4 members (excludes halogenated alkanes) is 12. The first-order valence-corrected chi connectivity index (χ1v) is 16.6. The van der Waals surface area contributed by atoms with E-state index in [2.05, 4.69) is 24.4 Å². The molecule has 1 heterocycles. The Labute approximate surface area is 253 Å². The van der Waals surface area contributed by atoms with Gasteiger partial charge in [0.05, 0.1) is 12.6 Å². The molecule has 6 heteroatoms. The third kappa shape index (κ3) is 12.6. The summed E-state index contributed by atoms with van der Waals surface area (Å²) in [6.07, 6.45) is 18.0. The van der Waals surface area contributed by atoms with Crippen LogP contribution in [0.1, 0.15) is 125 Å². The third-order valence-electron chi connectivity index (χ3n) is 8.29. The lowest BCUT2D eigenvalue weighted by Crippen LogP contribution is -2.46. The number of nitrogens with zero attached hydrogens (tertiary/aromatic N) is 1. The summed E-state index contributed by atoms with van der Waals surface area (Å²) in [5.41, 5.74) is 2.78. The zero-order valence-corrected chi connectivity index (χ0v) is 25.9. The first-order valence-electron chi connectivity index (χ1n) is 16.6. The maximum Gasteiger partial charge on any atom is 0.254 e. The highest BCUT2D eigenvalue weighted by molar-refractivity contribution is 5.94. The van der Waals surface area contributed by atoms with Crippen LogP contribution in [0, 0.1) is 5.82 Å². The van der Waals surface area contributed by atoms with Crippen LogP contribution < -0.4 is 5.32 Å². The molecule has 1 aliphatic rings. The SMILES string of the molecule is CCCCCCCCNC(=O)CCCCCCCCCCOC[C@@H]1Cc2ccccc2CN1C(=O)c1cccc(F)c1. The van der Waals surface area contributed by atoms with Gasteiger partial charge in [0, 0.05) is 31.7 Å². The average molecular weight is 581 g/mol. The van der Waals surface area contributed by atoms with Crippen molar-refractivity contribution in [3.63, 3.8) is 0 Å². The van der Waals surface area contributed by atoms with Gasteiger partial charge in [-0.25, -0.2) is 4.39 Å². The van der Waals surface area contributed by atoms with Gasteiger partial charge >= 0.3 is 0 Å². The molecule has 0 saturated carbocycles. The van der Waals surface area contributed by atoms with Crippen LogP contribution in [0.2, 0.25) is 0 Å². The number of halogens is 1. The number of fused-ring (bicyclic) bond motifs is 1. The topological polar surface area (TPSA) is 58.6 Å². The number of benzene rings is 2. The van der Waals surface area contributed by atoms with Gasteiger partial charge in [0.2, 0.25) is 5.91 Å². The average Bonchev–Trinajstić information content (AvgIpc) is 3.00. The van der Waals surface area contributed by atoms with Crippen molar-refractivity contribution >= 4 is 11.8 Å². The Bertz CT molecular complexity index is 1060. The zero-order valence-electron chi connectivity index (χ0n) is 25.9. The van der Waals surface area contributed by atoms with Crippen molar-refractivity contribution in [2.75, 3.05) is 19.8 Å². The summed E-state index contributed by atoms with van der Waals surface area (Å²) in [5.74, 6) is -0.332. The van der Waals surface area contributed by atoms with Crippen LogP contribution in [-0.2, 0) is 22.5 Å². The minimum atomic E-state index is -0.396. The molecule has 0 radical (unpaired) electrons. The van der Waals surface area contributed by atoms with Gasteiger partial charge in [-0.2, -0.15) is 0 Å². The smallest absolute Gasteiger partial charge is 0.254 e. The van der Waals surface area contributed by atoms with Crippen molar-refractivity contribution in [1.82, 2.24) is 10.2 Å². The molecule has 42 heavy (non-hydrogen) atoms. The first-order chi connectivity index (χ1) is 20.6. The van der Waals surface area contributed by atoms with Crippen LogP contribution in [0.3, 0.4) is 0 Å². The van der Waals surface area contributed by atoms with Gasteiger partial charge in [-0.1, -0.05) is 108 Å². The van der Waals surface area contributed by atoms with E-state index in [0.29, 0.717) is 31.7 Å². The van der Waals surface area contributed by atoms with Gasteiger partial charge in [-0.15, -0.1) is 0 Å². The van der Waals surface area contributed by atoms with Crippen LogP contribution in [0.15, 0.2) is 48.5 Å². The molecule has 1 atom stereocenters. The number of nitrogens with one attached hydrogen (secondary N) is 1. The molecule has 0 aliphatic carbocycles. The number of amides is 2. The van der Waals surface area contributed by atoms with Crippen LogP contribution in [0.25, 0.3) is 0 Å². The molecular weight excluding hydrogens is 527 g/mol. The van der Waals surface area contributed by atoms with Crippen molar-refractivity contribution in [2.24, 2.45) is 0 Å². The van der Waals surface area contributed by atoms with Crippen LogP contribution in [0.4, 0.5) is 4.39 Å². The molecule has 0 bridgehead atoms. The highest BCUT2D eigenvalue weighted by Gasteiger charge is 2.30. The maximum absolute atomic E-state index is 13.8. The Balaban J connectivity index is 1.22. The minimum Gasteiger partial charge on any atom is -0.379 e. The van der Waals surface area contributed by atoms with Crippen LogP contribution in [0.5, 0.6) is 0 Å². The molecular formula is C36H53FN2O3. The second-order valence-corrected chi connectivity index (χ2v) is 11.8. The Kier molecular flexibility index (Phi) is 16.3. The Hall–Kier alpha value is -2.73. The van der Waals surface area contributed by atoms with Crippen molar-refractivity contribution in [3.05, 3.63) is 71.0 Å². The number of ether oxygens (including phenoxy) is 1. The fraction of sp³-hybridized carbons (Fsp3) is 0.611. The van der Waals surface area contributed by atoms with E-state index in [1.165, 1.54) is 75.5 Å². The van der Waals surface area contributed by atoms with Crippen LogP contribution >= 0.6 is 0 Å². The van der Waals surface area contributed by atoms with E-state index in [1.807, 2.05) is 17.0 Å². The lowest BCUT2D eigenvalue weighted by molar-refractivity contribution is -0.121. The molecule has 2 amide bonds. The second kappa shape index (κ2) is 20.2. The number of hydrogen-bond acceptors (Lipinski definition) is 3. The molecule has 3 rings (SSSR count). The summed E-state index contributed by atoms with van der Waals surface area (Å²) in [7, 11) is 0. The standard InChI is InChI=1S/C36H53FN2O3/c1-2-3-4-5-11-16-24-38-35(40)23-13-10-8-6-7-9-12-17-25-42-29-34-27-30-19-14-15-20-32(30)28-39(34)36(41)31-21-18-22-33(37)26-31/h14-15,18-22,26,34H,2-13,16-17,23-25,27-29H2,1H3,(H,38,40)/t34-/m0/s1. The molecule has 5 nitrogen and oxygen atoms in total. The molecule has 2 aromatic rings. The lowest BCUT2D eigenvalue weighted by atomic mass is 9.93. The van der Waals surface area contributed by atoms with Gasteiger partial charge in [0.1, 0.15) is 5.82 Å².